The van der Waals surface area contributed by atoms with Crippen molar-refractivity contribution in [1.82, 2.24) is 25.1 Å². The van der Waals surface area contributed by atoms with Gasteiger partial charge in [-0.25, -0.2) is 15.0 Å². The fraction of sp³-hybridized carbons (Fsp3) is 0.565. The van der Waals surface area contributed by atoms with Crippen molar-refractivity contribution in [3.8, 4) is 17.1 Å². The second-order valence-corrected chi connectivity index (χ2v) is 9.95. The average molecular weight is 502 g/mol. The summed E-state index contributed by atoms with van der Waals surface area (Å²) in [5.41, 5.74) is 9.15. The monoisotopic (exact) mass is 501 g/mol. The van der Waals surface area contributed by atoms with Crippen LogP contribution in [0.5, 0.6) is 5.88 Å². The molecule has 1 spiro atoms. The molecule has 0 saturated carbocycles. The topological polar surface area (TPSA) is 145 Å². The SMILES string of the molecule is C[C@@H]1OCC2(CCN(c3nc4[nH]nc(-c5ccnc(OC6COC6)c5Cl)c4nc3CO)CC2)[C@@H]1N. The Morgan fingerprint density at radius 2 is 2.11 bits per heavy atom. The molecule has 12 heteroatoms. The minimum atomic E-state index is -0.246. The molecule has 0 aliphatic carbocycles. The van der Waals surface area contributed by atoms with Gasteiger partial charge in [0.15, 0.2) is 11.5 Å². The molecule has 2 atom stereocenters. The molecule has 3 aromatic heterocycles. The van der Waals surface area contributed by atoms with Gasteiger partial charge in [0, 0.05) is 36.3 Å². The lowest BCUT2D eigenvalue weighted by Gasteiger charge is -2.41. The third kappa shape index (κ3) is 3.82. The van der Waals surface area contributed by atoms with Gasteiger partial charge >= 0.3 is 0 Å². The maximum Gasteiger partial charge on any atom is 0.233 e. The van der Waals surface area contributed by atoms with Crippen LogP contribution >= 0.6 is 11.6 Å². The zero-order chi connectivity index (χ0) is 24.2. The number of fused-ring (bicyclic) bond motifs is 1. The molecule has 0 unspecified atom stereocenters. The molecule has 0 radical (unpaired) electrons. The Kier molecular flexibility index (Phi) is 5.76. The molecule has 6 heterocycles. The number of hydrogen-bond acceptors (Lipinski definition) is 10. The number of aliphatic hydroxyl groups is 1. The molecule has 6 rings (SSSR count). The van der Waals surface area contributed by atoms with Crippen LogP contribution in [0, 0.1) is 5.41 Å². The lowest BCUT2D eigenvalue weighted by Crippen LogP contribution is -2.51. The Labute approximate surface area is 206 Å². The van der Waals surface area contributed by atoms with Crippen molar-refractivity contribution in [3.05, 3.63) is 23.0 Å². The van der Waals surface area contributed by atoms with E-state index in [1.165, 1.54) is 0 Å². The third-order valence-corrected chi connectivity index (χ3v) is 7.86. The standard InChI is InChI=1S/C23H28ClN7O4/c1-12-19(25)23(11-34-12)3-6-31(7-4-23)21-15(8-32)27-18-17(29-30-20(18)28-21)14-2-5-26-22(16(14)24)35-13-9-33-10-13/h2,5,12-13,19,32H,3-4,6-11,25H2,1H3,(H,28,29,30)/t12-,19+/m0/s1. The Balaban J connectivity index is 1.30. The van der Waals surface area contributed by atoms with Crippen molar-refractivity contribution in [1.29, 1.82) is 0 Å². The maximum absolute atomic E-state index is 10.2. The molecule has 186 valence electrons. The molecule has 35 heavy (non-hydrogen) atoms. The van der Waals surface area contributed by atoms with E-state index in [4.69, 9.17) is 41.5 Å². The first-order valence-corrected chi connectivity index (χ1v) is 12.2. The number of aromatic amines is 1. The molecule has 0 aromatic carbocycles. The molecule has 3 aromatic rings. The molecule has 0 amide bonds. The summed E-state index contributed by atoms with van der Waals surface area (Å²) in [5, 5.41) is 17.9. The van der Waals surface area contributed by atoms with Crippen molar-refractivity contribution in [2.75, 3.05) is 37.8 Å². The van der Waals surface area contributed by atoms with Gasteiger partial charge in [0.2, 0.25) is 5.88 Å². The molecular weight excluding hydrogens is 474 g/mol. The highest BCUT2D eigenvalue weighted by Crippen LogP contribution is 2.42. The van der Waals surface area contributed by atoms with Crippen LogP contribution in [0.25, 0.3) is 22.4 Å². The molecule has 11 nitrogen and oxygen atoms in total. The predicted molar refractivity (Wildman–Crippen MR) is 128 cm³/mol. The number of halogens is 1. The van der Waals surface area contributed by atoms with Crippen LogP contribution in [0.1, 0.15) is 25.5 Å². The van der Waals surface area contributed by atoms with Crippen molar-refractivity contribution in [3.63, 3.8) is 0 Å². The van der Waals surface area contributed by atoms with E-state index in [0.29, 0.717) is 64.7 Å². The van der Waals surface area contributed by atoms with Crippen molar-refractivity contribution >= 4 is 28.6 Å². The largest absolute Gasteiger partial charge is 0.468 e. The van der Waals surface area contributed by atoms with Crippen molar-refractivity contribution in [2.45, 2.75) is 44.6 Å². The maximum atomic E-state index is 10.2. The molecular formula is C23H28ClN7O4. The van der Waals surface area contributed by atoms with Crippen LogP contribution < -0.4 is 15.4 Å². The van der Waals surface area contributed by atoms with E-state index in [2.05, 4.69) is 20.1 Å². The summed E-state index contributed by atoms with van der Waals surface area (Å²) in [6.07, 6.45) is 3.43. The van der Waals surface area contributed by atoms with E-state index >= 15 is 0 Å². The van der Waals surface area contributed by atoms with Crippen LogP contribution in [-0.2, 0) is 16.1 Å². The van der Waals surface area contributed by atoms with Gasteiger partial charge in [-0.1, -0.05) is 11.6 Å². The number of rotatable bonds is 5. The highest BCUT2D eigenvalue weighted by Gasteiger charge is 2.47. The lowest BCUT2D eigenvalue weighted by atomic mass is 9.73. The van der Waals surface area contributed by atoms with Gasteiger partial charge in [0.05, 0.1) is 32.5 Å². The van der Waals surface area contributed by atoms with Gasteiger partial charge in [0.25, 0.3) is 0 Å². The minimum absolute atomic E-state index is 0.00252. The van der Waals surface area contributed by atoms with Crippen LogP contribution in [0.2, 0.25) is 5.02 Å². The highest BCUT2D eigenvalue weighted by molar-refractivity contribution is 6.34. The predicted octanol–water partition coefficient (Wildman–Crippen LogP) is 1.67. The number of H-pyrrole nitrogens is 1. The number of nitrogens with two attached hydrogens (primary N) is 1. The van der Waals surface area contributed by atoms with Crippen LogP contribution in [0.3, 0.4) is 0 Å². The number of anilines is 1. The van der Waals surface area contributed by atoms with Gasteiger partial charge in [0.1, 0.15) is 28.0 Å². The van der Waals surface area contributed by atoms with E-state index in [1.54, 1.807) is 12.3 Å². The molecule has 3 saturated heterocycles. The van der Waals surface area contributed by atoms with E-state index in [-0.39, 0.29) is 30.3 Å². The number of aliphatic hydroxyl groups excluding tert-OH is 1. The molecule has 4 N–H and O–H groups in total. The molecule has 3 aliphatic heterocycles. The summed E-state index contributed by atoms with van der Waals surface area (Å²) in [7, 11) is 0. The van der Waals surface area contributed by atoms with Gasteiger partial charge in [-0.2, -0.15) is 5.10 Å². The molecule has 3 fully saturated rings. The van der Waals surface area contributed by atoms with E-state index < -0.39 is 0 Å². The number of nitrogens with zero attached hydrogens (tertiary/aromatic N) is 5. The summed E-state index contributed by atoms with van der Waals surface area (Å²) in [4.78, 5) is 16.0. The van der Waals surface area contributed by atoms with Crippen LogP contribution in [0.15, 0.2) is 12.3 Å². The number of piperidine rings is 1. The van der Waals surface area contributed by atoms with Crippen molar-refractivity contribution in [2.24, 2.45) is 11.1 Å². The summed E-state index contributed by atoms with van der Waals surface area (Å²) in [6.45, 7) is 5.03. The summed E-state index contributed by atoms with van der Waals surface area (Å²) < 4.78 is 16.8. The van der Waals surface area contributed by atoms with Gasteiger partial charge < -0.3 is 30.0 Å². The lowest BCUT2D eigenvalue weighted by molar-refractivity contribution is -0.0812. The number of pyridine rings is 1. The summed E-state index contributed by atoms with van der Waals surface area (Å²) >= 11 is 6.63. The van der Waals surface area contributed by atoms with Gasteiger partial charge in [-0.3, -0.25) is 5.10 Å². The zero-order valence-corrected chi connectivity index (χ0v) is 20.2. The normalized spacial score (nSPS) is 24.3. The Morgan fingerprint density at radius 3 is 2.77 bits per heavy atom. The van der Waals surface area contributed by atoms with Gasteiger partial charge in [-0.15, -0.1) is 0 Å². The van der Waals surface area contributed by atoms with Crippen LogP contribution in [0.4, 0.5) is 5.82 Å². The number of nitrogens with one attached hydrogen (secondary N) is 1. The molecule has 0 bridgehead atoms. The fourth-order valence-electron chi connectivity index (χ4n) is 5.18. The second-order valence-electron chi connectivity index (χ2n) is 9.57. The number of aromatic nitrogens is 5. The quantitative estimate of drug-likeness (QED) is 0.472. The summed E-state index contributed by atoms with van der Waals surface area (Å²) in [6, 6.07) is 1.79. The summed E-state index contributed by atoms with van der Waals surface area (Å²) in [5.74, 6) is 0.978. The first-order valence-electron chi connectivity index (χ1n) is 11.9. The van der Waals surface area contributed by atoms with E-state index in [0.717, 1.165) is 25.9 Å². The van der Waals surface area contributed by atoms with E-state index in [9.17, 15) is 5.11 Å². The van der Waals surface area contributed by atoms with Crippen molar-refractivity contribution < 1.29 is 19.3 Å². The minimum Gasteiger partial charge on any atom is -0.468 e. The van der Waals surface area contributed by atoms with E-state index in [1.807, 2.05) is 6.92 Å². The third-order valence-electron chi connectivity index (χ3n) is 7.50. The number of hydrogen-bond donors (Lipinski definition) is 3. The Morgan fingerprint density at radius 1 is 1.31 bits per heavy atom. The Hall–Kier alpha value is -2.57. The zero-order valence-electron chi connectivity index (χ0n) is 19.4. The second kappa shape index (κ2) is 8.82. The number of ether oxygens (including phenoxy) is 3. The smallest absolute Gasteiger partial charge is 0.233 e. The highest BCUT2D eigenvalue weighted by atomic mass is 35.5. The van der Waals surface area contributed by atoms with Crippen LogP contribution in [-0.4, -0.2) is 81.4 Å². The fourth-order valence-corrected chi connectivity index (χ4v) is 5.43. The van der Waals surface area contributed by atoms with Gasteiger partial charge in [-0.05, 0) is 25.8 Å². The first kappa shape index (κ1) is 22.9. The Bertz CT molecular complexity index is 1240. The average Bonchev–Trinajstić information content (AvgIpc) is 3.38. The first-order chi connectivity index (χ1) is 17.0. The molecule has 3 aliphatic rings.